The van der Waals surface area contributed by atoms with E-state index in [-0.39, 0.29) is 19.0 Å². The van der Waals surface area contributed by atoms with Crippen LogP contribution in [-0.4, -0.2) is 46.0 Å². The van der Waals surface area contributed by atoms with Crippen molar-refractivity contribution in [3.63, 3.8) is 0 Å². The monoisotopic (exact) mass is 305 g/mol. The second-order valence-electron chi connectivity index (χ2n) is 5.62. The number of β-amino-alcohol motifs (C(OH)–C–C–N with tert-alkyl or cyclic N) is 1. The van der Waals surface area contributed by atoms with E-state index in [2.05, 4.69) is 15.1 Å². The van der Waals surface area contributed by atoms with Gasteiger partial charge in [0, 0.05) is 42.9 Å². The number of rotatable bonds is 6. The van der Waals surface area contributed by atoms with Crippen LogP contribution in [0.5, 0.6) is 0 Å². The summed E-state index contributed by atoms with van der Waals surface area (Å²) in [6.07, 6.45) is 2.17. The fourth-order valence-electron chi connectivity index (χ4n) is 2.71. The minimum Gasteiger partial charge on any atom is -0.389 e. The van der Waals surface area contributed by atoms with E-state index in [0.29, 0.717) is 12.1 Å². The summed E-state index contributed by atoms with van der Waals surface area (Å²) in [5.41, 5.74) is 2.88. The molecule has 0 amide bonds. The number of fused-ring (bicyclic) bond motifs is 1. The van der Waals surface area contributed by atoms with Gasteiger partial charge in [-0.15, -0.1) is 0 Å². The van der Waals surface area contributed by atoms with Crippen LogP contribution in [0.25, 0.3) is 0 Å². The number of aromatic amines is 1. The zero-order valence-electron chi connectivity index (χ0n) is 12.3. The molecule has 1 aromatic heterocycles. The Hall–Kier alpha value is -1.76. The summed E-state index contributed by atoms with van der Waals surface area (Å²) in [5, 5.41) is 17.1. The largest absolute Gasteiger partial charge is 0.389 e. The Morgan fingerprint density at radius 3 is 3.14 bits per heavy atom. The lowest BCUT2D eigenvalue weighted by Gasteiger charge is -2.28. The van der Waals surface area contributed by atoms with E-state index >= 15 is 0 Å². The number of ether oxygens (including phenoxy) is 1. The molecule has 2 heterocycles. The molecule has 2 N–H and O–H groups in total. The van der Waals surface area contributed by atoms with Crippen LogP contribution in [0.2, 0.25) is 0 Å². The summed E-state index contributed by atoms with van der Waals surface area (Å²) in [4.78, 5) is 2.18. The highest BCUT2D eigenvalue weighted by molar-refractivity contribution is 5.19. The molecule has 0 saturated heterocycles. The molecule has 0 aliphatic carbocycles. The molecule has 0 saturated carbocycles. The lowest BCUT2D eigenvalue weighted by molar-refractivity contribution is 0.00697. The van der Waals surface area contributed by atoms with Crippen molar-refractivity contribution in [1.82, 2.24) is 15.1 Å². The maximum Gasteiger partial charge on any atom is 0.128 e. The van der Waals surface area contributed by atoms with Crippen molar-refractivity contribution in [2.45, 2.75) is 25.7 Å². The highest BCUT2D eigenvalue weighted by Crippen LogP contribution is 2.16. The van der Waals surface area contributed by atoms with Crippen LogP contribution in [-0.2, 0) is 24.3 Å². The van der Waals surface area contributed by atoms with Gasteiger partial charge >= 0.3 is 0 Å². The van der Waals surface area contributed by atoms with Crippen LogP contribution in [0.4, 0.5) is 4.39 Å². The molecule has 1 atom stereocenters. The number of hydrogen-bond acceptors (Lipinski definition) is 4. The SMILES string of the molecule is OC(COCc1ccccc1F)CN1CCc2[nH]ncc2C1. The van der Waals surface area contributed by atoms with E-state index in [9.17, 15) is 9.50 Å². The van der Waals surface area contributed by atoms with Crippen molar-refractivity contribution >= 4 is 0 Å². The Morgan fingerprint density at radius 2 is 2.27 bits per heavy atom. The van der Waals surface area contributed by atoms with Crippen molar-refractivity contribution in [3.8, 4) is 0 Å². The first-order chi connectivity index (χ1) is 10.7. The average molecular weight is 305 g/mol. The maximum absolute atomic E-state index is 13.4. The molecular formula is C16H20FN3O2. The number of benzene rings is 1. The van der Waals surface area contributed by atoms with Gasteiger partial charge in [0.05, 0.1) is 25.5 Å². The van der Waals surface area contributed by atoms with Gasteiger partial charge in [-0.05, 0) is 6.07 Å². The fraction of sp³-hybridized carbons (Fsp3) is 0.438. The van der Waals surface area contributed by atoms with Gasteiger partial charge in [0.1, 0.15) is 5.82 Å². The first-order valence-electron chi connectivity index (χ1n) is 7.45. The molecule has 2 aromatic rings. The van der Waals surface area contributed by atoms with E-state index in [4.69, 9.17) is 4.74 Å². The molecule has 5 nitrogen and oxygen atoms in total. The van der Waals surface area contributed by atoms with E-state index in [1.807, 2.05) is 6.20 Å². The number of hydrogen-bond donors (Lipinski definition) is 2. The number of aliphatic hydroxyl groups is 1. The summed E-state index contributed by atoms with van der Waals surface area (Å²) in [5.74, 6) is -0.277. The zero-order valence-corrected chi connectivity index (χ0v) is 12.3. The standard InChI is InChI=1S/C16H20FN3O2/c17-15-4-2-1-3-12(15)10-22-11-14(21)9-20-6-5-16-13(8-20)7-18-19-16/h1-4,7,14,21H,5-6,8-11H2,(H,18,19). The van der Waals surface area contributed by atoms with Crippen molar-refractivity contribution < 1.29 is 14.2 Å². The predicted octanol–water partition coefficient (Wildman–Crippen LogP) is 1.48. The molecule has 0 bridgehead atoms. The van der Waals surface area contributed by atoms with E-state index < -0.39 is 6.10 Å². The molecule has 0 fully saturated rings. The summed E-state index contributed by atoms with van der Waals surface area (Å²) >= 11 is 0. The summed E-state index contributed by atoms with van der Waals surface area (Å²) < 4.78 is 18.9. The molecule has 22 heavy (non-hydrogen) atoms. The number of nitrogens with one attached hydrogen (secondary N) is 1. The Kier molecular flexibility index (Phi) is 4.82. The number of H-pyrrole nitrogens is 1. The maximum atomic E-state index is 13.4. The van der Waals surface area contributed by atoms with Crippen molar-refractivity contribution in [2.75, 3.05) is 19.7 Å². The van der Waals surface area contributed by atoms with Gasteiger partial charge in [0.25, 0.3) is 0 Å². The third-order valence-electron chi connectivity index (χ3n) is 3.87. The van der Waals surface area contributed by atoms with Crippen LogP contribution < -0.4 is 0 Å². The van der Waals surface area contributed by atoms with Gasteiger partial charge in [-0.3, -0.25) is 10.00 Å². The van der Waals surface area contributed by atoms with Crippen molar-refractivity contribution in [2.24, 2.45) is 0 Å². The summed E-state index contributed by atoms with van der Waals surface area (Å²) in [6, 6.07) is 6.51. The van der Waals surface area contributed by atoms with E-state index in [1.54, 1.807) is 18.2 Å². The fourth-order valence-corrected chi connectivity index (χ4v) is 2.71. The minimum atomic E-state index is -0.583. The summed E-state index contributed by atoms with van der Waals surface area (Å²) in [6.45, 7) is 2.59. The highest BCUT2D eigenvalue weighted by Gasteiger charge is 2.20. The Balaban J connectivity index is 1.42. The molecule has 0 spiro atoms. The van der Waals surface area contributed by atoms with Gasteiger partial charge in [-0.2, -0.15) is 5.10 Å². The molecule has 1 aliphatic rings. The van der Waals surface area contributed by atoms with Crippen LogP contribution in [0.3, 0.4) is 0 Å². The first-order valence-corrected chi connectivity index (χ1v) is 7.45. The normalized spacial score (nSPS) is 16.5. The molecule has 118 valence electrons. The van der Waals surface area contributed by atoms with Gasteiger partial charge in [0.2, 0.25) is 0 Å². The Bertz CT molecular complexity index is 617. The molecular weight excluding hydrogens is 285 g/mol. The minimum absolute atomic E-state index is 0.176. The lowest BCUT2D eigenvalue weighted by atomic mass is 10.1. The Labute approximate surface area is 128 Å². The van der Waals surface area contributed by atoms with Crippen LogP contribution in [0.1, 0.15) is 16.8 Å². The molecule has 0 radical (unpaired) electrons. The lowest BCUT2D eigenvalue weighted by Crippen LogP contribution is -2.38. The third-order valence-corrected chi connectivity index (χ3v) is 3.87. The quantitative estimate of drug-likeness (QED) is 0.849. The second-order valence-corrected chi connectivity index (χ2v) is 5.62. The molecule has 1 aromatic carbocycles. The number of nitrogens with zero attached hydrogens (tertiary/aromatic N) is 2. The van der Waals surface area contributed by atoms with Gasteiger partial charge < -0.3 is 9.84 Å². The molecule has 1 unspecified atom stereocenters. The number of aromatic nitrogens is 2. The number of aliphatic hydroxyl groups excluding tert-OH is 1. The zero-order chi connectivity index (χ0) is 15.4. The van der Waals surface area contributed by atoms with Crippen LogP contribution in [0, 0.1) is 5.82 Å². The Morgan fingerprint density at radius 1 is 1.41 bits per heavy atom. The molecule has 3 rings (SSSR count). The van der Waals surface area contributed by atoms with Gasteiger partial charge in [0.15, 0.2) is 0 Å². The third kappa shape index (κ3) is 3.71. The average Bonchev–Trinajstić information content (AvgIpc) is 2.97. The number of halogens is 1. The van der Waals surface area contributed by atoms with Gasteiger partial charge in [-0.25, -0.2) is 4.39 Å². The first kappa shape index (κ1) is 15.1. The predicted molar refractivity (Wildman–Crippen MR) is 79.6 cm³/mol. The second kappa shape index (κ2) is 7.00. The van der Waals surface area contributed by atoms with Crippen LogP contribution >= 0.6 is 0 Å². The van der Waals surface area contributed by atoms with E-state index in [0.717, 1.165) is 19.5 Å². The molecule has 1 aliphatic heterocycles. The van der Waals surface area contributed by atoms with Crippen molar-refractivity contribution in [3.05, 3.63) is 53.1 Å². The molecule has 6 heteroatoms. The smallest absolute Gasteiger partial charge is 0.128 e. The van der Waals surface area contributed by atoms with Crippen LogP contribution in [0.15, 0.2) is 30.5 Å². The van der Waals surface area contributed by atoms with Crippen molar-refractivity contribution in [1.29, 1.82) is 0 Å². The van der Waals surface area contributed by atoms with Gasteiger partial charge in [-0.1, -0.05) is 18.2 Å². The summed E-state index contributed by atoms with van der Waals surface area (Å²) in [7, 11) is 0. The highest BCUT2D eigenvalue weighted by atomic mass is 19.1. The topological polar surface area (TPSA) is 61.4 Å². The van der Waals surface area contributed by atoms with E-state index in [1.165, 1.54) is 17.3 Å².